The first kappa shape index (κ1) is 13.3. The molecule has 0 saturated heterocycles. The van der Waals surface area contributed by atoms with Gasteiger partial charge in [0, 0.05) is 12.0 Å². The zero-order valence-corrected chi connectivity index (χ0v) is 11.7. The van der Waals surface area contributed by atoms with Crippen LogP contribution in [-0.2, 0) is 4.79 Å². The molecule has 104 valence electrons. The molecule has 2 atom stereocenters. The summed E-state index contributed by atoms with van der Waals surface area (Å²) in [6.45, 7) is 1.81. The zero-order chi connectivity index (χ0) is 14.4. The van der Waals surface area contributed by atoms with E-state index in [-0.39, 0.29) is 11.6 Å². The molecule has 1 aromatic rings. The Morgan fingerprint density at radius 3 is 2.65 bits per heavy atom. The van der Waals surface area contributed by atoms with Crippen molar-refractivity contribution in [3.8, 4) is 0 Å². The minimum absolute atomic E-state index is 0.0173. The van der Waals surface area contributed by atoms with Crippen molar-refractivity contribution in [1.82, 2.24) is 0 Å². The third-order valence-electron chi connectivity index (χ3n) is 4.92. The van der Waals surface area contributed by atoms with Gasteiger partial charge in [-0.3, -0.25) is 9.59 Å². The van der Waals surface area contributed by atoms with E-state index >= 15 is 0 Å². The highest BCUT2D eigenvalue weighted by Crippen LogP contribution is 2.44. The second-order valence-corrected chi connectivity index (χ2v) is 6.05. The molecule has 3 heteroatoms. The molecule has 1 fully saturated rings. The molecule has 2 aliphatic rings. The number of Topliss-reactive ketones (excluding diaryl/α,β-unsaturated/α-hetero) is 2. The van der Waals surface area contributed by atoms with Gasteiger partial charge in [0.1, 0.15) is 0 Å². The van der Waals surface area contributed by atoms with E-state index in [2.05, 4.69) is 0 Å². The maximum Gasteiger partial charge on any atom is 0.175 e. The van der Waals surface area contributed by atoms with Crippen molar-refractivity contribution >= 4 is 17.6 Å². The summed E-state index contributed by atoms with van der Waals surface area (Å²) in [7, 11) is 0. The van der Waals surface area contributed by atoms with Crippen molar-refractivity contribution in [1.29, 1.82) is 0 Å². The van der Waals surface area contributed by atoms with Crippen LogP contribution >= 0.6 is 0 Å². The number of ketones is 2. The van der Waals surface area contributed by atoms with Gasteiger partial charge in [-0.2, -0.15) is 0 Å². The van der Waals surface area contributed by atoms with Crippen molar-refractivity contribution in [2.75, 3.05) is 0 Å². The molecule has 0 aromatic heterocycles. The number of carbonyl (C=O) groups excluding carboxylic acids is 2. The van der Waals surface area contributed by atoms with Gasteiger partial charge >= 0.3 is 0 Å². The topological polar surface area (TPSA) is 60.2 Å². The Hall–Kier alpha value is -1.74. The van der Waals surface area contributed by atoms with Crippen LogP contribution in [0.3, 0.4) is 0 Å². The van der Waals surface area contributed by atoms with Gasteiger partial charge in [-0.05, 0) is 25.3 Å². The molecule has 0 unspecified atom stereocenters. The molecule has 0 aliphatic heterocycles. The van der Waals surface area contributed by atoms with Crippen LogP contribution in [0.15, 0.2) is 30.3 Å². The molecule has 1 aromatic carbocycles. The number of nitrogens with two attached hydrogens (primary N) is 1. The van der Waals surface area contributed by atoms with E-state index in [4.69, 9.17) is 5.73 Å². The number of carbonyl (C=O) groups is 2. The molecule has 2 aliphatic carbocycles. The lowest BCUT2D eigenvalue weighted by atomic mass is 9.59. The molecule has 3 rings (SSSR count). The van der Waals surface area contributed by atoms with E-state index in [1.54, 1.807) is 0 Å². The van der Waals surface area contributed by atoms with Gasteiger partial charge in [-0.15, -0.1) is 0 Å². The maximum atomic E-state index is 12.9. The Balaban J connectivity index is 2.10. The smallest absolute Gasteiger partial charge is 0.175 e. The number of fused-ring (bicyclic) bond motifs is 1. The summed E-state index contributed by atoms with van der Waals surface area (Å²) in [4.78, 5) is 25.3. The molecule has 0 amide bonds. The number of hydrogen-bond donors (Lipinski definition) is 1. The average Bonchev–Trinajstić information content (AvgIpc) is 2.46. The van der Waals surface area contributed by atoms with Gasteiger partial charge in [0.05, 0.1) is 11.0 Å². The van der Waals surface area contributed by atoms with Gasteiger partial charge < -0.3 is 5.73 Å². The highest BCUT2D eigenvalue weighted by atomic mass is 16.1. The van der Waals surface area contributed by atoms with Crippen LogP contribution in [-0.4, -0.2) is 17.1 Å². The van der Waals surface area contributed by atoms with E-state index in [1.807, 2.05) is 43.3 Å². The minimum atomic E-state index is -1.06. The first-order valence-corrected chi connectivity index (χ1v) is 7.14. The molecular weight excluding hydrogens is 250 g/mol. The molecule has 0 radical (unpaired) electrons. The molecular formula is C17H19NO2. The van der Waals surface area contributed by atoms with Crippen LogP contribution in [0.25, 0.3) is 6.08 Å². The summed E-state index contributed by atoms with van der Waals surface area (Å²) in [6.07, 6.45) is 6.60. The fourth-order valence-electron chi connectivity index (χ4n) is 3.41. The standard InChI is InChI=1S/C17H19NO2/c1-16(17(18)10-5-4-8-14(17)19)11-9-12-6-2-3-7-13(12)15(16)20/h2-3,6-7,9,11H,4-5,8,10,18H2,1H3/t16-,17-/m1/s1. The van der Waals surface area contributed by atoms with Crippen LogP contribution < -0.4 is 5.73 Å². The van der Waals surface area contributed by atoms with Crippen LogP contribution in [0.5, 0.6) is 0 Å². The van der Waals surface area contributed by atoms with Gasteiger partial charge in [-0.1, -0.05) is 42.8 Å². The zero-order valence-electron chi connectivity index (χ0n) is 11.7. The van der Waals surface area contributed by atoms with E-state index in [0.717, 1.165) is 18.4 Å². The Morgan fingerprint density at radius 1 is 1.15 bits per heavy atom. The van der Waals surface area contributed by atoms with Crippen LogP contribution in [0, 0.1) is 5.41 Å². The monoisotopic (exact) mass is 269 g/mol. The normalized spacial score (nSPS) is 33.1. The summed E-state index contributed by atoms with van der Waals surface area (Å²) in [6, 6.07) is 7.48. The lowest BCUT2D eigenvalue weighted by Crippen LogP contribution is -2.63. The lowest BCUT2D eigenvalue weighted by Gasteiger charge is -2.45. The van der Waals surface area contributed by atoms with Gasteiger partial charge in [0.15, 0.2) is 11.6 Å². The molecule has 0 spiro atoms. The third kappa shape index (κ3) is 1.63. The Morgan fingerprint density at radius 2 is 1.90 bits per heavy atom. The minimum Gasteiger partial charge on any atom is -0.318 e. The van der Waals surface area contributed by atoms with Crippen LogP contribution in [0.2, 0.25) is 0 Å². The largest absolute Gasteiger partial charge is 0.318 e. The van der Waals surface area contributed by atoms with Gasteiger partial charge in [0.25, 0.3) is 0 Å². The summed E-state index contributed by atoms with van der Waals surface area (Å²) >= 11 is 0. The molecule has 0 bridgehead atoms. The first-order chi connectivity index (χ1) is 9.49. The average molecular weight is 269 g/mol. The quantitative estimate of drug-likeness (QED) is 0.852. The van der Waals surface area contributed by atoms with Crippen molar-refractivity contribution in [3.05, 3.63) is 41.5 Å². The summed E-state index contributed by atoms with van der Waals surface area (Å²) < 4.78 is 0. The molecule has 20 heavy (non-hydrogen) atoms. The van der Waals surface area contributed by atoms with Gasteiger partial charge in [0.2, 0.25) is 0 Å². The Kier molecular flexibility index (Phi) is 2.91. The van der Waals surface area contributed by atoms with E-state index in [9.17, 15) is 9.59 Å². The highest BCUT2D eigenvalue weighted by Gasteiger charge is 2.55. The summed E-state index contributed by atoms with van der Waals surface area (Å²) in [5.41, 5.74) is 6.01. The van der Waals surface area contributed by atoms with Crippen LogP contribution in [0.1, 0.15) is 48.5 Å². The third-order valence-corrected chi connectivity index (χ3v) is 4.92. The Bertz CT molecular complexity index is 619. The Labute approximate surface area is 118 Å². The van der Waals surface area contributed by atoms with Crippen molar-refractivity contribution in [2.45, 2.75) is 38.1 Å². The number of benzene rings is 1. The predicted molar refractivity (Wildman–Crippen MR) is 78.3 cm³/mol. The maximum absolute atomic E-state index is 12.9. The molecule has 0 heterocycles. The van der Waals surface area contributed by atoms with Crippen molar-refractivity contribution in [2.24, 2.45) is 11.1 Å². The molecule has 1 saturated carbocycles. The van der Waals surface area contributed by atoms with Crippen LogP contribution in [0.4, 0.5) is 0 Å². The van der Waals surface area contributed by atoms with Crippen molar-refractivity contribution < 1.29 is 9.59 Å². The molecule has 3 nitrogen and oxygen atoms in total. The predicted octanol–water partition coefficient (Wildman–Crippen LogP) is 2.74. The number of hydrogen-bond acceptors (Lipinski definition) is 3. The lowest BCUT2D eigenvalue weighted by molar-refractivity contribution is -0.129. The van der Waals surface area contributed by atoms with E-state index in [1.165, 1.54) is 0 Å². The van der Waals surface area contributed by atoms with E-state index in [0.29, 0.717) is 18.4 Å². The van der Waals surface area contributed by atoms with Gasteiger partial charge in [-0.25, -0.2) is 0 Å². The highest BCUT2D eigenvalue weighted by molar-refractivity contribution is 6.11. The fourth-order valence-corrected chi connectivity index (χ4v) is 3.41. The second-order valence-electron chi connectivity index (χ2n) is 6.05. The SMILES string of the molecule is C[C@@]1([C@@]2(N)CCCCC2=O)C=Cc2ccccc2C1=O. The first-order valence-electron chi connectivity index (χ1n) is 7.14. The fraction of sp³-hybridized carbons (Fsp3) is 0.412. The number of rotatable bonds is 1. The second kappa shape index (κ2) is 4.38. The van der Waals surface area contributed by atoms with Crippen molar-refractivity contribution in [3.63, 3.8) is 0 Å². The summed E-state index contributed by atoms with van der Waals surface area (Å²) in [5.74, 6) is -0.0167. The molecule has 2 N–H and O–H groups in total. The summed E-state index contributed by atoms with van der Waals surface area (Å²) in [5, 5.41) is 0. The van der Waals surface area contributed by atoms with E-state index < -0.39 is 11.0 Å².